The molecule has 0 fully saturated rings. The van der Waals surface area contributed by atoms with Crippen LogP contribution in [0.25, 0.3) is 0 Å². The van der Waals surface area contributed by atoms with Gasteiger partial charge in [0, 0.05) is 9.50 Å². The van der Waals surface area contributed by atoms with E-state index in [1.165, 1.54) is 5.56 Å². The van der Waals surface area contributed by atoms with Crippen molar-refractivity contribution in [2.24, 2.45) is 0 Å². The van der Waals surface area contributed by atoms with Crippen LogP contribution in [-0.4, -0.2) is 6.54 Å². The molecule has 18 heavy (non-hydrogen) atoms. The van der Waals surface area contributed by atoms with E-state index in [1.54, 1.807) is 11.3 Å². The molecule has 2 rings (SSSR count). The van der Waals surface area contributed by atoms with Gasteiger partial charge in [-0.1, -0.05) is 34.5 Å². The van der Waals surface area contributed by atoms with Gasteiger partial charge in [0.1, 0.15) is 0 Å². The van der Waals surface area contributed by atoms with Gasteiger partial charge in [0.05, 0.1) is 6.04 Å². The van der Waals surface area contributed by atoms with Crippen LogP contribution in [0.4, 0.5) is 0 Å². The zero-order valence-electron chi connectivity index (χ0n) is 10.1. The Morgan fingerprint density at radius 3 is 2.89 bits per heavy atom. The second kappa shape index (κ2) is 6.71. The summed E-state index contributed by atoms with van der Waals surface area (Å²) in [6, 6.07) is 8.31. The monoisotopic (exact) mass is 343 g/mol. The van der Waals surface area contributed by atoms with Gasteiger partial charge in [0.2, 0.25) is 0 Å². The van der Waals surface area contributed by atoms with Crippen LogP contribution in [0, 0.1) is 0 Å². The van der Waals surface area contributed by atoms with E-state index in [0.717, 1.165) is 28.0 Å². The molecule has 1 unspecified atom stereocenters. The Kier molecular flexibility index (Phi) is 5.25. The number of hydrogen-bond acceptors (Lipinski definition) is 2. The molecule has 0 aliphatic heterocycles. The Labute approximate surface area is 125 Å². The standard InChI is InChI=1S/C14H15BrClNS/c1-2-6-17-14(10-5-7-18-9-10)12-8-11(15)3-4-13(12)16/h3-5,7-9,14,17H,2,6H2,1H3. The lowest BCUT2D eigenvalue weighted by atomic mass is 10.0. The lowest BCUT2D eigenvalue weighted by Crippen LogP contribution is -2.23. The minimum atomic E-state index is 0.168. The molecule has 0 radical (unpaired) electrons. The molecule has 1 aromatic carbocycles. The van der Waals surface area contributed by atoms with Crippen LogP contribution in [0.1, 0.15) is 30.5 Å². The molecule has 1 nitrogen and oxygen atoms in total. The third kappa shape index (κ3) is 3.35. The highest BCUT2D eigenvalue weighted by Gasteiger charge is 2.16. The second-order valence-corrected chi connectivity index (χ2v) is 6.21. The van der Waals surface area contributed by atoms with E-state index in [2.05, 4.69) is 51.1 Å². The van der Waals surface area contributed by atoms with Gasteiger partial charge in [0.25, 0.3) is 0 Å². The van der Waals surface area contributed by atoms with Crippen LogP contribution in [0.3, 0.4) is 0 Å². The quantitative estimate of drug-likeness (QED) is 0.781. The summed E-state index contributed by atoms with van der Waals surface area (Å²) in [7, 11) is 0. The SMILES string of the molecule is CCCNC(c1ccsc1)c1cc(Br)ccc1Cl. The van der Waals surface area contributed by atoms with E-state index in [-0.39, 0.29) is 6.04 Å². The van der Waals surface area contributed by atoms with Crippen LogP contribution in [0.5, 0.6) is 0 Å². The third-order valence-corrected chi connectivity index (χ3v) is 4.28. The molecule has 0 bridgehead atoms. The molecule has 0 spiro atoms. The lowest BCUT2D eigenvalue weighted by Gasteiger charge is -2.19. The molecular weight excluding hydrogens is 330 g/mol. The van der Waals surface area contributed by atoms with Gasteiger partial charge in [-0.2, -0.15) is 11.3 Å². The van der Waals surface area contributed by atoms with Crippen LogP contribution in [0.15, 0.2) is 39.5 Å². The smallest absolute Gasteiger partial charge is 0.0600 e. The summed E-state index contributed by atoms with van der Waals surface area (Å²) in [5, 5.41) is 8.63. The Hall–Kier alpha value is -0.350. The van der Waals surface area contributed by atoms with Crippen molar-refractivity contribution in [1.29, 1.82) is 0 Å². The van der Waals surface area contributed by atoms with Crippen molar-refractivity contribution in [3.63, 3.8) is 0 Å². The molecule has 2 aromatic rings. The summed E-state index contributed by atoms with van der Waals surface area (Å²) in [5.74, 6) is 0. The largest absolute Gasteiger partial charge is 0.306 e. The van der Waals surface area contributed by atoms with Crippen molar-refractivity contribution in [2.45, 2.75) is 19.4 Å². The van der Waals surface area contributed by atoms with Gasteiger partial charge >= 0.3 is 0 Å². The van der Waals surface area contributed by atoms with Crippen molar-refractivity contribution >= 4 is 38.9 Å². The normalized spacial score (nSPS) is 12.6. The summed E-state index contributed by atoms with van der Waals surface area (Å²) in [6.45, 7) is 3.14. The maximum atomic E-state index is 6.33. The number of benzene rings is 1. The fraction of sp³-hybridized carbons (Fsp3) is 0.286. The number of hydrogen-bond donors (Lipinski definition) is 1. The minimum Gasteiger partial charge on any atom is -0.306 e. The van der Waals surface area contributed by atoms with Crippen LogP contribution in [0.2, 0.25) is 5.02 Å². The summed E-state index contributed by atoms with van der Waals surface area (Å²) >= 11 is 11.6. The number of thiophene rings is 1. The van der Waals surface area contributed by atoms with E-state index in [0.29, 0.717) is 0 Å². The summed E-state index contributed by atoms with van der Waals surface area (Å²) in [6.07, 6.45) is 1.10. The van der Waals surface area contributed by atoms with Crippen molar-refractivity contribution in [1.82, 2.24) is 5.32 Å². The van der Waals surface area contributed by atoms with Gasteiger partial charge < -0.3 is 5.32 Å². The summed E-state index contributed by atoms with van der Waals surface area (Å²) in [5.41, 5.74) is 2.39. The fourth-order valence-electron chi connectivity index (χ4n) is 1.87. The predicted molar refractivity (Wildman–Crippen MR) is 83.6 cm³/mol. The van der Waals surface area contributed by atoms with E-state index in [9.17, 15) is 0 Å². The highest BCUT2D eigenvalue weighted by Crippen LogP contribution is 2.31. The Morgan fingerprint density at radius 2 is 2.22 bits per heavy atom. The Bertz CT molecular complexity index is 499. The highest BCUT2D eigenvalue weighted by molar-refractivity contribution is 9.10. The van der Waals surface area contributed by atoms with E-state index in [4.69, 9.17) is 11.6 Å². The first-order valence-corrected chi connectivity index (χ1v) is 8.04. The first kappa shape index (κ1) is 14.1. The van der Waals surface area contributed by atoms with Crippen molar-refractivity contribution in [3.8, 4) is 0 Å². The highest BCUT2D eigenvalue weighted by atomic mass is 79.9. The zero-order valence-corrected chi connectivity index (χ0v) is 13.3. The minimum absolute atomic E-state index is 0.168. The van der Waals surface area contributed by atoms with Crippen LogP contribution < -0.4 is 5.32 Å². The average Bonchev–Trinajstić information content (AvgIpc) is 2.88. The topological polar surface area (TPSA) is 12.0 Å². The van der Waals surface area contributed by atoms with E-state index < -0.39 is 0 Å². The van der Waals surface area contributed by atoms with Crippen molar-refractivity contribution in [3.05, 3.63) is 55.6 Å². The third-order valence-electron chi connectivity index (χ3n) is 2.74. The molecular formula is C14H15BrClNS. The first-order valence-electron chi connectivity index (χ1n) is 5.92. The summed E-state index contributed by atoms with van der Waals surface area (Å²) < 4.78 is 1.06. The maximum absolute atomic E-state index is 6.33. The van der Waals surface area contributed by atoms with Gasteiger partial charge in [-0.25, -0.2) is 0 Å². The molecule has 0 aliphatic rings. The Morgan fingerprint density at radius 1 is 1.39 bits per heavy atom. The molecule has 1 heterocycles. The van der Waals surface area contributed by atoms with Crippen molar-refractivity contribution in [2.75, 3.05) is 6.54 Å². The molecule has 1 aromatic heterocycles. The zero-order chi connectivity index (χ0) is 13.0. The molecule has 1 atom stereocenters. The van der Waals surface area contributed by atoms with Crippen LogP contribution >= 0.6 is 38.9 Å². The summed E-state index contributed by atoms with van der Waals surface area (Å²) in [4.78, 5) is 0. The number of nitrogens with one attached hydrogen (secondary N) is 1. The predicted octanol–water partition coefficient (Wildman–Crippen LogP) is 5.25. The molecule has 0 amide bonds. The molecule has 0 saturated heterocycles. The number of halogens is 2. The fourth-order valence-corrected chi connectivity index (χ4v) is 3.16. The van der Waals surface area contributed by atoms with Gasteiger partial charge in [-0.15, -0.1) is 0 Å². The van der Waals surface area contributed by atoms with Gasteiger partial charge in [0.15, 0.2) is 0 Å². The molecule has 0 aliphatic carbocycles. The average molecular weight is 345 g/mol. The second-order valence-electron chi connectivity index (χ2n) is 4.11. The van der Waals surface area contributed by atoms with Gasteiger partial charge in [-0.05, 0) is 59.1 Å². The molecule has 0 saturated carbocycles. The lowest BCUT2D eigenvalue weighted by molar-refractivity contribution is 0.600. The van der Waals surface area contributed by atoms with E-state index in [1.807, 2.05) is 12.1 Å². The Balaban J connectivity index is 2.36. The molecule has 96 valence electrons. The van der Waals surface area contributed by atoms with E-state index >= 15 is 0 Å². The molecule has 1 N–H and O–H groups in total. The van der Waals surface area contributed by atoms with Crippen LogP contribution in [-0.2, 0) is 0 Å². The number of rotatable bonds is 5. The van der Waals surface area contributed by atoms with Gasteiger partial charge in [-0.3, -0.25) is 0 Å². The first-order chi connectivity index (χ1) is 8.72. The maximum Gasteiger partial charge on any atom is 0.0600 e. The molecule has 4 heteroatoms. The van der Waals surface area contributed by atoms with Crippen molar-refractivity contribution < 1.29 is 0 Å².